The summed E-state index contributed by atoms with van der Waals surface area (Å²) in [6.07, 6.45) is 0.843. The second kappa shape index (κ2) is 7.78. The van der Waals surface area contributed by atoms with Crippen LogP contribution >= 0.6 is 35.0 Å². The molecule has 5 nitrogen and oxygen atoms in total. The SMILES string of the molecule is O=C(Oc1ccc(/C=C2\SC(O)NC2O)cc1)c1ccc(Cl)c(Cl)c1. The van der Waals surface area contributed by atoms with Crippen LogP contribution < -0.4 is 10.1 Å². The number of thioether (sulfide) groups is 1. The third-order valence-electron chi connectivity index (χ3n) is 3.37. The van der Waals surface area contributed by atoms with Crippen LogP contribution in [0, 0.1) is 0 Å². The van der Waals surface area contributed by atoms with Gasteiger partial charge in [0.05, 0.1) is 15.6 Å². The molecule has 3 N–H and O–H groups in total. The van der Waals surface area contributed by atoms with Crippen LogP contribution in [0.1, 0.15) is 15.9 Å². The maximum atomic E-state index is 12.1. The standard InChI is InChI=1S/C17H13Cl2NO4S/c18-12-6-3-10(8-13(12)19)16(22)24-11-4-1-9(2-5-11)7-14-15(21)20-17(23)25-14/h1-8,15,17,20-21,23H/b14-7-. The quantitative estimate of drug-likeness (QED) is 0.543. The molecule has 8 heteroatoms. The molecule has 130 valence electrons. The highest BCUT2D eigenvalue weighted by atomic mass is 35.5. The third-order valence-corrected chi connectivity index (χ3v) is 5.08. The van der Waals surface area contributed by atoms with E-state index in [0.29, 0.717) is 21.2 Å². The molecule has 0 aliphatic carbocycles. The Kier molecular flexibility index (Phi) is 5.68. The van der Waals surface area contributed by atoms with E-state index in [9.17, 15) is 15.0 Å². The highest BCUT2D eigenvalue weighted by Crippen LogP contribution is 2.30. The van der Waals surface area contributed by atoms with Gasteiger partial charge in [-0.2, -0.15) is 0 Å². The molecule has 1 aliphatic rings. The van der Waals surface area contributed by atoms with Crippen molar-refractivity contribution in [2.75, 3.05) is 0 Å². The van der Waals surface area contributed by atoms with Gasteiger partial charge in [0, 0.05) is 4.91 Å². The van der Waals surface area contributed by atoms with Gasteiger partial charge in [-0.3, -0.25) is 5.32 Å². The number of aliphatic hydroxyl groups excluding tert-OH is 2. The number of aliphatic hydroxyl groups is 2. The van der Waals surface area contributed by atoms with Crippen molar-refractivity contribution in [1.29, 1.82) is 0 Å². The maximum absolute atomic E-state index is 12.1. The number of hydrogen-bond acceptors (Lipinski definition) is 6. The van der Waals surface area contributed by atoms with Gasteiger partial charge >= 0.3 is 5.97 Å². The first-order chi connectivity index (χ1) is 11.9. The van der Waals surface area contributed by atoms with Crippen molar-refractivity contribution in [3.8, 4) is 5.75 Å². The van der Waals surface area contributed by atoms with E-state index < -0.39 is 17.8 Å². The van der Waals surface area contributed by atoms with Crippen molar-refractivity contribution in [2.24, 2.45) is 0 Å². The molecule has 2 atom stereocenters. The minimum Gasteiger partial charge on any atom is -0.423 e. The van der Waals surface area contributed by atoms with E-state index in [4.69, 9.17) is 27.9 Å². The van der Waals surface area contributed by atoms with Gasteiger partial charge in [0.25, 0.3) is 0 Å². The van der Waals surface area contributed by atoms with Crippen molar-refractivity contribution in [3.05, 3.63) is 68.5 Å². The molecular formula is C17H13Cl2NO4S. The van der Waals surface area contributed by atoms with Crippen LogP contribution in [0.3, 0.4) is 0 Å². The lowest BCUT2D eigenvalue weighted by molar-refractivity contribution is 0.0734. The molecule has 1 saturated heterocycles. The van der Waals surface area contributed by atoms with E-state index in [0.717, 1.165) is 17.3 Å². The molecule has 25 heavy (non-hydrogen) atoms. The van der Waals surface area contributed by atoms with E-state index in [1.807, 2.05) is 0 Å². The van der Waals surface area contributed by atoms with Crippen LogP contribution in [0.4, 0.5) is 0 Å². The number of carbonyl (C=O) groups is 1. The monoisotopic (exact) mass is 397 g/mol. The molecule has 0 spiro atoms. The highest BCUT2D eigenvalue weighted by Gasteiger charge is 2.25. The predicted octanol–water partition coefficient (Wildman–Crippen LogP) is 3.48. The molecule has 0 saturated carbocycles. The summed E-state index contributed by atoms with van der Waals surface area (Å²) in [4.78, 5) is 12.7. The molecule has 2 unspecified atom stereocenters. The normalized spacial score (nSPS) is 21.5. The lowest BCUT2D eigenvalue weighted by Crippen LogP contribution is -2.28. The average molecular weight is 398 g/mol. The van der Waals surface area contributed by atoms with Crippen LogP contribution in [-0.2, 0) is 0 Å². The number of nitrogens with one attached hydrogen (secondary N) is 1. The van der Waals surface area contributed by atoms with Crippen LogP contribution in [0.2, 0.25) is 10.0 Å². The Labute approximate surface area is 158 Å². The summed E-state index contributed by atoms with van der Waals surface area (Å²) >= 11 is 12.8. The number of ether oxygens (including phenoxy) is 1. The van der Waals surface area contributed by atoms with Crippen molar-refractivity contribution < 1.29 is 19.7 Å². The fourth-order valence-corrected chi connectivity index (χ4v) is 3.30. The number of carbonyl (C=O) groups excluding carboxylic acids is 1. The van der Waals surface area contributed by atoms with Gasteiger partial charge in [-0.1, -0.05) is 47.1 Å². The lowest BCUT2D eigenvalue weighted by atomic mass is 10.2. The number of esters is 1. The summed E-state index contributed by atoms with van der Waals surface area (Å²) in [6.45, 7) is 0. The first-order valence-corrected chi connectivity index (χ1v) is 8.83. The Morgan fingerprint density at radius 3 is 2.44 bits per heavy atom. The lowest BCUT2D eigenvalue weighted by Gasteiger charge is -2.06. The van der Waals surface area contributed by atoms with E-state index in [1.54, 1.807) is 30.3 Å². The Morgan fingerprint density at radius 2 is 1.84 bits per heavy atom. The summed E-state index contributed by atoms with van der Waals surface area (Å²) in [6, 6.07) is 11.3. The van der Waals surface area contributed by atoms with Gasteiger partial charge in [0.15, 0.2) is 5.56 Å². The predicted molar refractivity (Wildman–Crippen MR) is 98.6 cm³/mol. The number of hydrogen-bond donors (Lipinski definition) is 3. The van der Waals surface area contributed by atoms with Gasteiger partial charge in [-0.15, -0.1) is 0 Å². The minimum absolute atomic E-state index is 0.279. The molecule has 0 radical (unpaired) electrons. The molecular weight excluding hydrogens is 385 g/mol. The molecule has 0 aromatic heterocycles. The summed E-state index contributed by atoms with van der Waals surface area (Å²) < 4.78 is 5.29. The summed E-state index contributed by atoms with van der Waals surface area (Å²) in [5.74, 6) is -0.172. The van der Waals surface area contributed by atoms with Gasteiger partial charge < -0.3 is 14.9 Å². The molecule has 2 aromatic rings. The second-order valence-corrected chi connectivity index (χ2v) is 7.14. The Hall–Kier alpha value is -1.54. The second-order valence-electron chi connectivity index (χ2n) is 5.17. The van der Waals surface area contributed by atoms with Crippen molar-refractivity contribution in [1.82, 2.24) is 5.32 Å². The zero-order valence-corrected chi connectivity index (χ0v) is 15.0. The summed E-state index contributed by atoms with van der Waals surface area (Å²) in [7, 11) is 0. The third kappa shape index (κ3) is 4.55. The van der Waals surface area contributed by atoms with Crippen molar-refractivity contribution in [2.45, 2.75) is 11.8 Å². The zero-order chi connectivity index (χ0) is 18.0. The first-order valence-electron chi connectivity index (χ1n) is 7.20. The first kappa shape index (κ1) is 18.3. The van der Waals surface area contributed by atoms with Gasteiger partial charge in [-0.25, -0.2) is 4.79 Å². The fourth-order valence-electron chi connectivity index (χ4n) is 2.14. The van der Waals surface area contributed by atoms with E-state index in [2.05, 4.69) is 5.32 Å². The van der Waals surface area contributed by atoms with Crippen LogP contribution in [0.15, 0.2) is 47.4 Å². The van der Waals surface area contributed by atoms with Gasteiger partial charge in [0.2, 0.25) is 0 Å². The Bertz CT molecular complexity index is 826. The molecule has 1 heterocycles. The van der Waals surface area contributed by atoms with Gasteiger partial charge in [0.1, 0.15) is 12.0 Å². The largest absolute Gasteiger partial charge is 0.423 e. The van der Waals surface area contributed by atoms with Crippen molar-refractivity contribution >= 4 is 47.0 Å². The smallest absolute Gasteiger partial charge is 0.343 e. The molecule has 0 amide bonds. The molecule has 3 rings (SSSR count). The molecule has 1 aliphatic heterocycles. The highest BCUT2D eigenvalue weighted by molar-refractivity contribution is 8.03. The molecule has 2 aromatic carbocycles. The summed E-state index contributed by atoms with van der Waals surface area (Å²) in [5, 5.41) is 22.3. The Morgan fingerprint density at radius 1 is 1.12 bits per heavy atom. The number of halogens is 2. The van der Waals surface area contributed by atoms with Crippen molar-refractivity contribution in [3.63, 3.8) is 0 Å². The maximum Gasteiger partial charge on any atom is 0.343 e. The van der Waals surface area contributed by atoms with Crippen LogP contribution in [-0.4, -0.2) is 28.0 Å². The van der Waals surface area contributed by atoms with Gasteiger partial charge in [-0.05, 0) is 42.0 Å². The fraction of sp³-hybridized carbons (Fsp3) is 0.118. The zero-order valence-electron chi connectivity index (χ0n) is 12.6. The Balaban J connectivity index is 1.69. The van der Waals surface area contributed by atoms with E-state index in [-0.39, 0.29) is 5.02 Å². The summed E-state index contributed by atoms with van der Waals surface area (Å²) in [5.41, 5.74) is 0.269. The topological polar surface area (TPSA) is 78.8 Å². The van der Waals surface area contributed by atoms with Crippen LogP contribution in [0.5, 0.6) is 5.75 Å². The minimum atomic E-state index is -0.896. The average Bonchev–Trinajstić information content (AvgIpc) is 2.89. The van der Waals surface area contributed by atoms with Crippen LogP contribution in [0.25, 0.3) is 6.08 Å². The molecule has 1 fully saturated rings. The van der Waals surface area contributed by atoms with E-state index >= 15 is 0 Å². The number of benzene rings is 2. The number of rotatable bonds is 3. The van der Waals surface area contributed by atoms with E-state index in [1.165, 1.54) is 18.2 Å². The molecule has 0 bridgehead atoms.